The zero-order chi connectivity index (χ0) is 13.1. The fraction of sp³-hybridized carbons (Fsp3) is 0.769. The van der Waals surface area contributed by atoms with Crippen LogP contribution >= 0.6 is 0 Å². The second-order valence-electron chi connectivity index (χ2n) is 5.35. The minimum Gasteiger partial charge on any atom is -0.444 e. The van der Waals surface area contributed by atoms with Crippen molar-refractivity contribution in [1.29, 1.82) is 0 Å². The van der Waals surface area contributed by atoms with Crippen molar-refractivity contribution in [2.24, 2.45) is 0 Å². The second kappa shape index (κ2) is 5.42. The highest BCUT2D eigenvalue weighted by atomic mass is 16.6. The van der Waals surface area contributed by atoms with Crippen molar-refractivity contribution in [2.45, 2.75) is 57.8 Å². The summed E-state index contributed by atoms with van der Waals surface area (Å²) >= 11 is 0. The van der Waals surface area contributed by atoms with Crippen LogP contribution in [0.1, 0.15) is 40.0 Å². The molecule has 1 aliphatic rings. The van der Waals surface area contributed by atoms with E-state index in [-0.39, 0.29) is 6.04 Å². The molecule has 4 heteroatoms. The molecule has 0 saturated carbocycles. The van der Waals surface area contributed by atoms with Crippen molar-refractivity contribution in [3.05, 3.63) is 0 Å². The van der Waals surface area contributed by atoms with Crippen LogP contribution in [0.15, 0.2) is 0 Å². The number of aliphatic hydroxyl groups excluding tert-OH is 1. The number of carbonyl (C=O) groups is 1. The number of hydrogen-bond donors (Lipinski definition) is 1. The minimum absolute atomic E-state index is 0.316. The van der Waals surface area contributed by atoms with Crippen molar-refractivity contribution in [3.63, 3.8) is 0 Å². The average Bonchev–Trinajstić information content (AvgIpc) is 2.25. The number of likely N-dealkylation sites (tertiary alicyclic amines) is 1. The van der Waals surface area contributed by atoms with Crippen molar-refractivity contribution in [2.75, 3.05) is 6.54 Å². The molecule has 0 aliphatic carbocycles. The number of hydrogen-bond acceptors (Lipinski definition) is 3. The Balaban J connectivity index is 2.72. The summed E-state index contributed by atoms with van der Waals surface area (Å²) < 4.78 is 5.31. The SMILES string of the molecule is C#C[C@H](O)[C@H]1CCCCN1C(=O)OC(C)(C)C. The standard InChI is InChI=1S/C13H21NO3/c1-5-11(15)10-8-6-7-9-14(10)12(16)17-13(2,3)4/h1,10-11,15H,6-9H2,2-4H3/t10-,11+/m1/s1. The van der Waals surface area contributed by atoms with E-state index in [0.29, 0.717) is 6.54 Å². The Bertz CT molecular complexity index is 314. The van der Waals surface area contributed by atoms with Crippen molar-refractivity contribution in [3.8, 4) is 12.3 Å². The van der Waals surface area contributed by atoms with Gasteiger partial charge in [0, 0.05) is 6.54 Å². The predicted molar refractivity (Wildman–Crippen MR) is 65.4 cm³/mol. The molecule has 96 valence electrons. The van der Waals surface area contributed by atoms with Gasteiger partial charge in [0.25, 0.3) is 0 Å². The van der Waals surface area contributed by atoms with Crippen LogP contribution in [0.2, 0.25) is 0 Å². The van der Waals surface area contributed by atoms with Crippen molar-refractivity contribution in [1.82, 2.24) is 4.90 Å². The third-order valence-corrected chi connectivity index (χ3v) is 2.71. The summed E-state index contributed by atoms with van der Waals surface area (Å²) in [6, 6.07) is -0.316. The topological polar surface area (TPSA) is 49.8 Å². The zero-order valence-corrected chi connectivity index (χ0v) is 10.8. The monoisotopic (exact) mass is 239 g/mol. The number of terminal acetylenes is 1. The molecule has 1 aliphatic heterocycles. The molecule has 0 aromatic carbocycles. The molecule has 4 nitrogen and oxygen atoms in total. The van der Waals surface area contributed by atoms with E-state index in [1.807, 2.05) is 20.8 Å². The Morgan fingerprint density at radius 2 is 2.18 bits per heavy atom. The number of carbonyl (C=O) groups excluding carboxylic acids is 1. The van der Waals surface area contributed by atoms with Gasteiger partial charge in [0.2, 0.25) is 0 Å². The number of ether oxygens (including phenoxy) is 1. The number of aliphatic hydroxyl groups is 1. The Kier molecular flexibility index (Phi) is 4.41. The maximum Gasteiger partial charge on any atom is 0.410 e. The molecule has 2 atom stereocenters. The van der Waals surface area contributed by atoms with Gasteiger partial charge in [-0.05, 0) is 40.0 Å². The Morgan fingerprint density at radius 1 is 1.53 bits per heavy atom. The lowest BCUT2D eigenvalue weighted by atomic mass is 9.98. The number of amides is 1. The first-order valence-corrected chi connectivity index (χ1v) is 5.99. The molecule has 0 radical (unpaired) electrons. The normalized spacial score (nSPS) is 22.8. The highest BCUT2D eigenvalue weighted by molar-refractivity contribution is 5.68. The summed E-state index contributed by atoms with van der Waals surface area (Å²) in [5.41, 5.74) is -0.528. The lowest BCUT2D eigenvalue weighted by Gasteiger charge is -2.37. The van der Waals surface area contributed by atoms with Crippen molar-refractivity contribution < 1.29 is 14.6 Å². The van der Waals surface area contributed by atoms with Crippen LogP contribution in [0.5, 0.6) is 0 Å². The summed E-state index contributed by atoms with van der Waals surface area (Å²) in [7, 11) is 0. The van der Waals surface area contributed by atoms with Crippen LogP contribution in [0, 0.1) is 12.3 Å². The van der Waals surface area contributed by atoms with Gasteiger partial charge in [0.15, 0.2) is 0 Å². The van der Waals surface area contributed by atoms with Crippen LogP contribution in [-0.2, 0) is 4.74 Å². The van der Waals surface area contributed by atoms with E-state index < -0.39 is 17.8 Å². The molecule has 0 bridgehead atoms. The van der Waals surface area contributed by atoms with Gasteiger partial charge in [-0.1, -0.05) is 5.92 Å². The summed E-state index contributed by atoms with van der Waals surface area (Å²) in [5, 5.41) is 9.71. The molecule has 1 fully saturated rings. The fourth-order valence-corrected chi connectivity index (χ4v) is 1.94. The molecule has 1 amide bonds. The minimum atomic E-state index is -0.914. The fourth-order valence-electron chi connectivity index (χ4n) is 1.94. The molecule has 0 aromatic heterocycles. The smallest absolute Gasteiger partial charge is 0.410 e. The summed E-state index contributed by atoms with van der Waals surface area (Å²) in [6.07, 6.45) is 6.53. The summed E-state index contributed by atoms with van der Waals surface area (Å²) in [6.45, 7) is 6.06. The third-order valence-electron chi connectivity index (χ3n) is 2.71. The molecule has 0 aromatic rings. The maximum atomic E-state index is 12.0. The first kappa shape index (κ1) is 13.9. The van der Waals surface area contributed by atoms with Gasteiger partial charge in [-0.25, -0.2) is 4.79 Å². The van der Waals surface area contributed by atoms with E-state index in [9.17, 15) is 9.90 Å². The van der Waals surface area contributed by atoms with Gasteiger partial charge < -0.3 is 14.7 Å². The molecule has 1 saturated heterocycles. The highest BCUT2D eigenvalue weighted by Gasteiger charge is 2.33. The molecule has 17 heavy (non-hydrogen) atoms. The first-order chi connectivity index (χ1) is 7.85. The first-order valence-electron chi connectivity index (χ1n) is 5.99. The largest absolute Gasteiger partial charge is 0.444 e. The van der Waals surface area contributed by atoms with Crippen LogP contribution in [0.25, 0.3) is 0 Å². The van der Waals surface area contributed by atoms with E-state index in [1.54, 1.807) is 4.90 Å². The Morgan fingerprint density at radius 3 is 2.71 bits per heavy atom. The molecule has 0 spiro atoms. The number of piperidine rings is 1. The van der Waals surface area contributed by atoms with Crippen molar-refractivity contribution >= 4 is 6.09 Å². The van der Waals surface area contributed by atoms with Gasteiger partial charge in [0.1, 0.15) is 11.7 Å². The van der Waals surface area contributed by atoms with E-state index in [0.717, 1.165) is 19.3 Å². The number of nitrogens with zero attached hydrogens (tertiary/aromatic N) is 1. The molecule has 0 unspecified atom stereocenters. The van der Waals surface area contributed by atoms with Gasteiger partial charge in [0.05, 0.1) is 6.04 Å². The summed E-state index contributed by atoms with van der Waals surface area (Å²) in [5.74, 6) is 2.29. The molecule has 1 N–H and O–H groups in total. The maximum absolute atomic E-state index is 12.0. The second-order valence-corrected chi connectivity index (χ2v) is 5.35. The Labute approximate surface area is 103 Å². The highest BCUT2D eigenvalue weighted by Crippen LogP contribution is 2.22. The lowest BCUT2D eigenvalue weighted by Crippen LogP contribution is -2.50. The average molecular weight is 239 g/mol. The predicted octanol–water partition coefficient (Wildman–Crippen LogP) is 1.77. The van der Waals surface area contributed by atoms with E-state index in [1.165, 1.54) is 0 Å². The molecule has 1 rings (SSSR count). The van der Waals surface area contributed by atoms with Crippen LogP contribution in [0.4, 0.5) is 4.79 Å². The van der Waals surface area contributed by atoms with Gasteiger partial charge >= 0.3 is 6.09 Å². The van der Waals surface area contributed by atoms with Crippen LogP contribution in [-0.4, -0.2) is 40.4 Å². The molecular weight excluding hydrogens is 218 g/mol. The van der Waals surface area contributed by atoms with Crippen LogP contribution < -0.4 is 0 Å². The lowest BCUT2D eigenvalue weighted by molar-refractivity contribution is -0.00627. The van der Waals surface area contributed by atoms with Crippen LogP contribution in [0.3, 0.4) is 0 Å². The van der Waals surface area contributed by atoms with E-state index in [4.69, 9.17) is 11.2 Å². The van der Waals surface area contributed by atoms with E-state index >= 15 is 0 Å². The Hall–Kier alpha value is -1.21. The summed E-state index contributed by atoms with van der Waals surface area (Å²) in [4.78, 5) is 13.5. The molecule has 1 heterocycles. The van der Waals surface area contributed by atoms with Gasteiger partial charge in [-0.15, -0.1) is 6.42 Å². The third kappa shape index (κ3) is 3.94. The van der Waals surface area contributed by atoms with E-state index in [2.05, 4.69) is 5.92 Å². The zero-order valence-electron chi connectivity index (χ0n) is 10.8. The van der Waals surface area contributed by atoms with Gasteiger partial charge in [-0.2, -0.15) is 0 Å². The quantitative estimate of drug-likeness (QED) is 0.709. The molecular formula is C13H21NO3. The van der Waals surface area contributed by atoms with Gasteiger partial charge in [-0.3, -0.25) is 0 Å². The number of rotatable bonds is 1.